The molecule has 14 heavy (non-hydrogen) atoms. The average molecular weight is 198 g/mol. The molecule has 2 heterocycles. The second-order valence-corrected chi connectivity index (χ2v) is 4.33. The zero-order chi connectivity index (χ0) is 9.80. The molecule has 0 spiro atoms. The molecule has 2 aliphatic heterocycles. The van der Waals surface area contributed by atoms with Crippen molar-refractivity contribution in [3.05, 3.63) is 0 Å². The molecule has 82 valence electrons. The molecule has 0 aromatic rings. The highest BCUT2D eigenvalue weighted by atomic mass is 16.5. The van der Waals surface area contributed by atoms with Crippen LogP contribution in [0, 0.1) is 0 Å². The van der Waals surface area contributed by atoms with E-state index in [1.165, 1.54) is 38.9 Å². The molecule has 0 saturated carbocycles. The molecule has 2 rings (SSSR count). The summed E-state index contributed by atoms with van der Waals surface area (Å²) in [7, 11) is 0. The van der Waals surface area contributed by atoms with Crippen molar-refractivity contribution in [1.82, 2.24) is 10.2 Å². The molecular weight excluding hydrogens is 176 g/mol. The molecule has 1 unspecified atom stereocenters. The van der Waals surface area contributed by atoms with Crippen LogP contribution in [-0.4, -0.2) is 49.8 Å². The fraction of sp³-hybridized carbons (Fsp3) is 1.00. The standard InChI is InChI=1S/C11H22N2O/c1-2-13(11-5-8-14-9-11)10-3-6-12-7-4-10/h10-12H,2-9H2,1H3. The Balaban J connectivity index is 1.89. The number of piperidine rings is 1. The van der Waals surface area contributed by atoms with Crippen LogP contribution in [0.25, 0.3) is 0 Å². The lowest BCUT2D eigenvalue weighted by molar-refractivity contribution is 0.0967. The summed E-state index contributed by atoms with van der Waals surface area (Å²) in [6, 6.07) is 1.50. The molecule has 3 nitrogen and oxygen atoms in total. The molecule has 0 bridgehead atoms. The Bertz CT molecular complexity index is 163. The van der Waals surface area contributed by atoms with Gasteiger partial charge in [-0.25, -0.2) is 0 Å². The van der Waals surface area contributed by atoms with E-state index in [4.69, 9.17) is 4.74 Å². The van der Waals surface area contributed by atoms with Crippen LogP contribution in [-0.2, 0) is 4.74 Å². The number of nitrogens with zero attached hydrogens (tertiary/aromatic N) is 1. The summed E-state index contributed by atoms with van der Waals surface area (Å²) >= 11 is 0. The van der Waals surface area contributed by atoms with E-state index in [9.17, 15) is 0 Å². The molecule has 1 N–H and O–H groups in total. The lowest BCUT2D eigenvalue weighted by atomic mass is 10.0. The van der Waals surface area contributed by atoms with Crippen LogP contribution in [0.4, 0.5) is 0 Å². The van der Waals surface area contributed by atoms with Crippen molar-refractivity contribution in [1.29, 1.82) is 0 Å². The van der Waals surface area contributed by atoms with E-state index in [0.29, 0.717) is 6.04 Å². The van der Waals surface area contributed by atoms with Crippen molar-refractivity contribution in [3.8, 4) is 0 Å². The predicted molar refractivity (Wildman–Crippen MR) is 57.5 cm³/mol. The fourth-order valence-electron chi connectivity index (χ4n) is 2.74. The van der Waals surface area contributed by atoms with Gasteiger partial charge in [0.25, 0.3) is 0 Å². The van der Waals surface area contributed by atoms with Crippen LogP contribution < -0.4 is 5.32 Å². The fourth-order valence-corrected chi connectivity index (χ4v) is 2.74. The van der Waals surface area contributed by atoms with E-state index in [-0.39, 0.29) is 0 Å². The summed E-state index contributed by atoms with van der Waals surface area (Å²) in [6.45, 7) is 7.76. The first-order valence-corrected chi connectivity index (χ1v) is 5.96. The molecule has 2 aliphatic rings. The lowest BCUT2D eigenvalue weighted by Crippen LogP contribution is -2.48. The predicted octanol–water partition coefficient (Wildman–Crippen LogP) is 0.849. The van der Waals surface area contributed by atoms with Gasteiger partial charge >= 0.3 is 0 Å². The first-order valence-electron chi connectivity index (χ1n) is 5.96. The SMILES string of the molecule is CCN(C1CCNCC1)C1CCOC1. The Hall–Kier alpha value is -0.120. The third kappa shape index (κ3) is 2.27. The molecule has 0 aromatic carbocycles. The summed E-state index contributed by atoms with van der Waals surface area (Å²) < 4.78 is 5.47. The molecule has 0 aliphatic carbocycles. The van der Waals surface area contributed by atoms with E-state index in [1.807, 2.05) is 0 Å². The summed E-state index contributed by atoms with van der Waals surface area (Å²) in [5.41, 5.74) is 0. The van der Waals surface area contributed by atoms with Crippen molar-refractivity contribution in [2.24, 2.45) is 0 Å². The van der Waals surface area contributed by atoms with Crippen molar-refractivity contribution in [3.63, 3.8) is 0 Å². The molecule has 3 heteroatoms. The molecule has 2 fully saturated rings. The summed E-state index contributed by atoms with van der Waals surface area (Å²) in [4.78, 5) is 2.66. The van der Waals surface area contributed by atoms with Crippen molar-refractivity contribution < 1.29 is 4.74 Å². The minimum absolute atomic E-state index is 0.697. The number of rotatable bonds is 3. The first kappa shape index (κ1) is 10.4. The number of hydrogen-bond acceptors (Lipinski definition) is 3. The maximum Gasteiger partial charge on any atom is 0.0622 e. The van der Waals surface area contributed by atoms with E-state index < -0.39 is 0 Å². The highest BCUT2D eigenvalue weighted by Gasteiger charge is 2.28. The highest BCUT2D eigenvalue weighted by molar-refractivity contribution is 4.84. The molecular formula is C11H22N2O. The van der Waals surface area contributed by atoms with E-state index in [0.717, 1.165) is 19.3 Å². The Labute approximate surface area is 86.8 Å². The Morgan fingerprint density at radius 2 is 2.00 bits per heavy atom. The van der Waals surface area contributed by atoms with Crippen molar-refractivity contribution >= 4 is 0 Å². The quantitative estimate of drug-likeness (QED) is 0.727. The smallest absolute Gasteiger partial charge is 0.0622 e. The Kier molecular flexibility index (Phi) is 3.79. The van der Waals surface area contributed by atoms with Gasteiger partial charge in [0, 0.05) is 18.7 Å². The van der Waals surface area contributed by atoms with E-state index in [1.54, 1.807) is 0 Å². The molecule has 0 radical (unpaired) electrons. The summed E-state index contributed by atoms with van der Waals surface area (Å²) in [5, 5.41) is 3.43. The number of ether oxygens (including phenoxy) is 1. The maximum atomic E-state index is 5.47. The first-order chi connectivity index (χ1) is 6.92. The van der Waals surface area contributed by atoms with Gasteiger partial charge in [-0.3, -0.25) is 4.90 Å². The third-order valence-corrected chi connectivity index (χ3v) is 3.52. The second kappa shape index (κ2) is 5.10. The topological polar surface area (TPSA) is 24.5 Å². The van der Waals surface area contributed by atoms with Crippen molar-refractivity contribution in [2.75, 3.05) is 32.8 Å². The number of likely N-dealkylation sites (N-methyl/N-ethyl adjacent to an activating group) is 1. The van der Waals surface area contributed by atoms with E-state index in [2.05, 4.69) is 17.1 Å². The largest absolute Gasteiger partial charge is 0.380 e. The Morgan fingerprint density at radius 1 is 1.21 bits per heavy atom. The van der Waals surface area contributed by atoms with Crippen molar-refractivity contribution in [2.45, 2.75) is 38.3 Å². The maximum absolute atomic E-state index is 5.47. The van der Waals surface area contributed by atoms with Gasteiger partial charge in [-0.05, 0) is 38.9 Å². The van der Waals surface area contributed by atoms with Crippen LogP contribution >= 0.6 is 0 Å². The van der Waals surface area contributed by atoms with Gasteiger partial charge in [0.2, 0.25) is 0 Å². The monoisotopic (exact) mass is 198 g/mol. The highest BCUT2D eigenvalue weighted by Crippen LogP contribution is 2.19. The molecule has 0 aromatic heterocycles. The number of hydrogen-bond donors (Lipinski definition) is 1. The van der Waals surface area contributed by atoms with Gasteiger partial charge in [0.05, 0.1) is 6.61 Å². The minimum atomic E-state index is 0.697. The van der Waals surface area contributed by atoms with E-state index >= 15 is 0 Å². The molecule has 0 amide bonds. The van der Waals surface area contributed by atoms with Gasteiger partial charge in [-0.15, -0.1) is 0 Å². The van der Waals surface area contributed by atoms with Crippen LogP contribution in [0.2, 0.25) is 0 Å². The summed E-state index contributed by atoms with van der Waals surface area (Å²) in [5.74, 6) is 0. The third-order valence-electron chi connectivity index (χ3n) is 3.52. The Morgan fingerprint density at radius 3 is 2.57 bits per heavy atom. The second-order valence-electron chi connectivity index (χ2n) is 4.33. The summed E-state index contributed by atoms with van der Waals surface area (Å²) in [6.07, 6.45) is 3.85. The number of nitrogens with one attached hydrogen (secondary N) is 1. The minimum Gasteiger partial charge on any atom is -0.380 e. The average Bonchev–Trinajstić information content (AvgIpc) is 2.74. The van der Waals surface area contributed by atoms with Gasteiger partial charge in [0.15, 0.2) is 0 Å². The van der Waals surface area contributed by atoms with Crippen LogP contribution in [0.15, 0.2) is 0 Å². The van der Waals surface area contributed by atoms with Gasteiger partial charge in [0.1, 0.15) is 0 Å². The normalized spacial score (nSPS) is 30.0. The molecule has 2 saturated heterocycles. The zero-order valence-corrected chi connectivity index (χ0v) is 9.17. The van der Waals surface area contributed by atoms with Gasteiger partial charge in [-0.2, -0.15) is 0 Å². The lowest BCUT2D eigenvalue weighted by Gasteiger charge is -2.37. The van der Waals surface area contributed by atoms with Gasteiger partial charge in [-0.1, -0.05) is 6.92 Å². The zero-order valence-electron chi connectivity index (χ0n) is 9.17. The van der Waals surface area contributed by atoms with Crippen LogP contribution in [0.1, 0.15) is 26.2 Å². The molecule has 1 atom stereocenters. The van der Waals surface area contributed by atoms with Crippen LogP contribution in [0.3, 0.4) is 0 Å². The van der Waals surface area contributed by atoms with Crippen LogP contribution in [0.5, 0.6) is 0 Å². The van der Waals surface area contributed by atoms with Gasteiger partial charge < -0.3 is 10.1 Å².